The molecular weight excluding hydrogens is 424 g/mol. The van der Waals surface area contributed by atoms with E-state index in [-0.39, 0.29) is 18.2 Å². The van der Waals surface area contributed by atoms with E-state index in [4.69, 9.17) is 4.74 Å². The van der Waals surface area contributed by atoms with Crippen LogP contribution in [0.2, 0.25) is 0 Å². The third-order valence-electron chi connectivity index (χ3n) is 5.10. The predicted octanol–water partition coefficient (Wildman–Crippen LogP) is 4.37. The fourth-order valence-corrected chi connectivity index (χ4v) is 3.44. The number of nitrogens with zero attached hydrogens (tertiary/aromatic N) is 4. The van der Waals surface area contributed by atoms with Crippen LogP contribution in [0, 0.1) is 10.1 Å². The highest BCUT2D eigenvalue weighted by Gasteiger charge is 2.29. The number of amides is 1. The second-order valence-electron chi connectivity index (χ2n) is 7.20. The van der Waals surface area contributed by atoms with Crippen molar-refractivity contribution < 1.29 is 19.2 Å². The molecule has 166 valence electrons. The van der Waals surface area contributed by atoms with Gasteiger partial charge in [0.15, 0.2) is 0 Å². The molecule has 9 heteroatoms. The number of anilines is 1. The molecule has 3 aromatic rings. The number of aromatic nitrogens is 1. The zero-order valence-corrected chi connectivity index (χ0v) is 18.0. The Balaban J connectivity index is 1.59. The number of nitro benzene ring substituents is 1. The van der Waals surface area contributed by atoms with Crippen molar-refractivity contribution in [2.75, 3.05) is 11.6 Å². The monoisotopic (exact) mass is 444 g/mol. The van der Waals surface area contributed by atoms with E-state index >= 15 is 0 Å². The summed E-state index contributed by atoms with van der Waals surface area (Å²) in [7, 11) is 0. The van der Waals surface area contributed by atoms with Crippen LogP contribution in [0.25, 0.3) is 11.8 Å². The zero-order chi connectivity index (χ0) is 23.5. The SMILES string of the molecule is CCOC(=O)c1ccc(N2N=C(C)/C(=C\c3cccn3-c3ccc([N+](=O)[O-])cc3)C2=O)cc1. The first-order valence-corrected chi connectivity index (χ1v) is 10.2. The number of carbonyl (C=O) groups is 2. The third-order valence-corrected chi connectivity index (χ3v) is 5.10. The molecule has 1 aliphatic rings. The number of hydrogen-bond acceptors (Lipinski definition) is 6. The molecule has 0 N–H and O–H groups in total. The Labute approximate surface area is 189 Å². The number of hydrogen-bond donors (Lipinski definition) is 0. The summed E-state index contributed by atoms with van der Waals surface area (Å²) in [6, 6.07) is 16.3. The Bertz CT molecular complexity index is 1290. The van der Waals surface area contributed by atoms with Crippen molar-refractivity contribution in [2.45, 2.75) is 13.8 Å². The lowest BCUT2D eigenvalue weighted by molar-refractivity contribution is -0.384. The molecule has 1 aromatic heterocycles. The van der Waals surface area contributed by atoms with E-state index in [2.05, 4.69) is 5.10 Å². The van der Waals surface area contributed by atoms with Crippen LogP contribution in [0.4, 0.5) is 11.4 Å². The quantitative estimate of drug-likeness (QED) is 0.243. The molecule has 0 atom stereocenters. The molecule has 0 saturated carbocycles. The molecule has 0 unspecified atom stereocenters. The van der Waals surface area contributed by atoms with Crippen LogP contribution in [0.5, 0.6) is 0 Å². The average Bonchev–Trinajstić information content (AvgIpc) is 3.39. The van der Waals surface area contributed by atoms with Crippen LogP contribution >= 0.6 is 0 Å². The predicted molar refractivity (Wildman–Crippen MR) is 123 cm³/mol. The van der Waals surface area contributed by atoms with Gasteiger partial charge in [0.25, 0.3) is 11.6 Å². The van der Waals surface area contributed by atoms with E-state index in [9.17, 15) is 19.7 Å². The summed E-state index contributed by atoms with van der Waals surface area (Å²) in [6.07, 6.45) is 3.54. The number of ether oxygens (including phenoxy) is 1. The average molecular weight is 444 g/mol. The second-order valence-corrected chi connectivity index (χ2v) is 7.20. The first kappa shape index (κ1) is 21.7. The van der Waals surface area contributed by atoms with Gasteiger partial charge in [-0.05, 0) is 68.5 Å². The molecular formula is C24H20N4O5. The molecule has 1 amide bonds. The molecule has 9 nitrogen and oxygen atoms in total. The normalized spacial score (nSPS) is 14.5. The standard InChI is InChI=1S/C24H20N4O5/c1-3-33-24(30)17-6-8-19(9-7-17)27-23(29)22(16(2)25-27)15-21-5-4-14-26(21)18-10-12-20(13-11-18)28(31)32/h4-15H,3H2,1-2H3/b22-15+. The van der Waals surface area contributed by atoms with Gasteiger partial charge in [0, 0.05) is 29.7 Å². The van der Waals surface area contributed by atoms with E-state index in [1.165, 1.54) is 17.1 Å². The zero-order valence-electron chi connectivity index (χ0n) is 18.0. The van der Waals surface area contributed by atoms with Crippen molar-refractivity contribution >= 4 is 35.0 Å². The smallest absolute Gasteiger partial charge is 0.338 e. The molecule has 0 fully saturated rings. The minimum atomic E-state index is -0.451. The topological polar surface area (TPSA) is 107 Å². The number of esters is 1. The maximum Gasteiger partial charge on any atom is 0.338 e. The lowest BCUT2D eigenvalue weighted by Gasteiger charge is -2.12. The summed E-state index contributed by atoms with van der Waals surface area (Å²) < 4.78 is 6.81. The molecule has 2 aromatic carbocycles. The molecule has 0 aliphatic carbocycles. The first-order chi connectivity index (χ1) is 15.9. The number of nitro groups is 1. The summed E-state index contributed by atoms with van der Waals surface area (Å²) in [5.41, 5.74) is 3.35. The van der Waals surface area contributed by atoms with Crippen molar-refractivity contribution in [3.05, 3.63) is 93.8 Å². The van der Waals surface area contributed by atoms with Gasteiger partial charge < -0.3 is 9.30 Å². The fourth-order valence-electron chi connectivity index (χ4n) is 3.44. The van der Waals surface area contributed by atoms with Crippen LogP contribution in [-0.2, 0) is 9.53 Å². The summed E-state index contributed by atoms with van der Waals surface area (Å²) in [5.74, 6) is -0.725. The summed E-state index contributed by atoms with van der Waals surface area (Å²) in [5, 5.41) is 16.6. The molecule has 2 heterocycles. The minimum Gasteiger partial charge on any atom is -0.462 e. The van der Waals surface area contributed by atoms with Crippen molar-refractivity contribution in [2.24, 2.45) is 5.10 Å². The number of benzene rings is 2. The van der Waals surface area contributed by atoms with Crippen molar-refractivity contribution in [3.63, 3.8) is 0 Å². The number of carbonyl (C=O) groups excluding carboxylic acids is 2. The largest absolute Gasteiger partial charge is 0.462 e. The van der Waals surface area contributed by atoms with E-state index in [0.717, 1.165) is 11.4 Å². The Hall–Kier alpha value is -4.53. The molecule has 4 rings (SSSR count). The van der Waals surface area contributed by atoms with Gasteiger partial charge in [-0.2, -0.15) is 10.1 Å². The van der Waals surface area contributed by atoms with E-state index in [0.29, 0.717) is 22.5 Å². The van der Waals surface area contributed by atoms with Gasteiger partial charge in [0.05, 0.1) is 34.1 Å². The molecule has 33 heavy (non-hydrogen) atoms. The highest BCUT2D eigenvalue weighted by atomic mass is 16.6. The van der Waals surface area contributed by atoms with Gasteiger partial charge in [0.1, 0.15) is 0 Å². The maximum absolute atomic E-state index is 13.1. The molecule has 0 radical (unpaired) electrons. The second kappa shape index (κ2) is 8.91. The van der Waals surface area contributed by atoms with Gasteiger partial charge >= 0.3 is 5.97 Å². The molecule has 0 spiro atoms. The van der Waals surface area contributed by atoms with E-state index < -0.39 is 10.9 Å². The highest BCUT2D eigenvalue weighted by Crippen LogP contribution is 2.26. The van der Waals surface area contributed by atoms with E-state index in [1.54, 1.807) is 56.3 Å². The maximum atomic E-state index is 13.1. The van der Waals surface area contributed by atoms with Crippen molar-refractivity contribution in [3.8, 4) is 5.69 Å². The fraction of sp³-hybridized carbons (Fsp3) is 0.125. The van der Waals surface area contributed by atoms with Crippen LogP contribution < -0.4 is 5.01 Å². The van der Waals surface area contributed by atoms with Gasteiger partial charge in [0.2, 0.25) is 0 Å². The van der Waals surface area contributed by atoms with Gasteiger partial charge in [-0.3, -0.25) is 14.9 Å². The Morgan fingerprint density at radius 2 is 1.76 bits per heavy atom. The minimum absolute atomic E-state index is 0.00405. The molecule has 0 bridgehead atoms. The number of non-ortho nitro benzene ring substituents is 1. The van der Waals surface area contributed by atoms with Crippen molar-refractivity contribution in [1.82, 2.24) is 4.57 Å². The lowest BCUT2D eigenvalue weighted by atomic mass is 10.1. The van der Waals surface area contributed by atoms with E-state index in [1.807, 2.05) is 22.9 Å². The molecule has 1 aliphatic heterocycles. The third kappa shape index (κ3) is 4.29. The Morgan fingerprint density at radius 3 is 2.39 bits per heavy atom. The summed E-state index contributed by atoms with van der Waals surface area (Å²) >= 11 is 0. The number of rotatable bonds is 6. The van der Waals surface area contributed by atoms with Crippen molar-refractivity contribution in [1.29, 1.82) is 0 Å². The van der Waals surface area contributed by atoms with Crippen LogP contribution in [-0.4, -0.2) is 33.7 Å². The highest BCUT2D eigenvalue weighted by molar-refractivity contribution is 6.32. The summed E-state index contributed by atoms with van der Waals surface area (Å²) in [6.45, 7) is 3.76. The Morgan fingerprint density at radius 1 is 1.09 bits per heavy atom. The number of hydrazone groups is 1. The summed E-state index contributed by atoms with van der Waals surface area (Å²) in [4.78, 5) is 35.4. The first-order valence-electron chi connectivity index (χ1n) is 10.2. The van der Waals surface area contributed by atoms with Crippen LogP contribution in [0.3, 0.4) is 0 Å². The van der Waals surface area contributed by atoms with Gasteiger partial charge in [-0.15, -0.1) is 0 Å². The lowest BCUT2D eigenvalue weighted by Crippen LogP contribution is -2.21. The Kier molecular flexibility index (Phi) is 5.86. The van der Waals surface area contributed by atoms with Gasteiger partial charge in [-0.1, -0.05) is 0 Å². The van der Waals surface area contributed by atoms with Gasteiger partial charge in [-0.25, -0.2) is 4.79 Å². The van der Waals surface area contributed by atoms with Crippen LogP contribution in [0.15, 0.2) is 77.5 Å². The molecule has 0 saturated heterocycles. The van der Waals surface area contributed by atoms with Crippen LogP contribution in [0.1, 0.15) is 29.9 Å².